The van der Waals surface area contributed by atoms with Gasteiger partial charge in [0, 0.05) is 24.1 Å². The van der Waals surface area contributed by atoms with Gasteiger partial charge in [-0.15, -0.1) is 0 Å². The van der Waals surface area contributed by atoms with Crippen LogP contribution in [0, 0.1) is 10.1 Å². The van der Waals surface area contributed by atoms with Gasteiger partial charge in [0.05, 0.1) is 11.5 Å². The van der Waals surface area contributed by atoms with Gasteiger partial charge in [0.25, 0.3) is 5.69 Å². The van der Waals surface area contributed by atoms with E-state index in [1.165, 1.54) is 6.07 Å². The Morgan fingerprint density at radius 2 is 2.19 bits per heavy atom. The predicted molar refractivity (Wildman–Crippen MR) is 65.8 cm³/mol. The van der Waals surface area contributed by atoms with Crippen molar-refractivity contribution in [2.45, 2.75) is 19.4 Å². The van der Waals surface area contributed by atoms with Crippen molar-refractivity contribution in [1.82, 2.24) is 0 Å². The molecule has 0 heterocycles. The van der Waals surface area contributed by atoms with Crippen LogP contribution < -0.4 is 0 Å². The van der Waals surface area contributed by atoms with Crippen LogP contribution in [0.25, 0.3) is 0 Å². The zero-order valence-corrected chi connectivity index (χ0v) is 10.5. The molecule has 88 valence electrons. The van der Waals surface area contributed by atoms with Gasteiger partial charge in [-0.1, -0.05) is 28.1 Å². The van der Waals surface area contributed by atoms with E-state index in [1.807, 2.05) is 6.07 Å². The van der Waals surface area contributed by atoms with Crippen molar-refractivity contribution in [2.75, 3.05) is 11.9 Å². The second-order valence-electron chi connectivity index (χ2n) is 3.38. The van der Waals surface area contributed by atoms with Crippen LogP contribution in [0.4, 0.5) is 5.69 Å². The molecular weight excluding hydrogens is 274 g/mol. The largest absolute Gasteiger partial charge is 0.377 e. The van der Waals surface area contributed by atoms with Crippen LogP contribution in [0.15, 0.2) is 24.3 Å². The standard InChI is InChI=1S/C11H14BrNO3/c12-6-1-2-7-16-9-10-4-3-5-11(8-10)13(14)15/h3-5,8H,1-2,6-7,9H2. The van der Waals surface area contributed by atoms with Crippen LogP contribution in [0.2, 0.25) is 0 Å². The minimum atomic E-state index is -0.395. The monoisotopic (exact) mass is 287 g/mol. The molecule has 0 radical (unpaired) electrons. The molecule has 0 bridgehead atoms. The smallest absolute Gasteiger partial charge is 0.269 e. The van der Waals surface area contributed by atoms with Crippen molar-refractivity contribution >= 4 is 21.6 Å². The number of ether oxygens (including phenoxy) is 1. The third kappa shape index (κ3) is 4.72. The summed E-state index contributed by atoms with van der Waals surface area (Å²) < 4.78 is 5.41. The van der Waals surface area contributed by atoms with E-state index in [1.54, 1.807) is 12.1 Å². The first-order valence-corrected chi connectivity index (χ1v) is 6.23. The van der Waals surface area contributed by atoms with E-state index in [4.69, 9.17) is 4.74 Å². The molecule has 1 aromatic carbocycles. The van der Waals surface area contributed by atoms with Crippen molar-refractivity contribution in [3.8, 4) is 0 Å². The number of halogens is 1. The maximum absolute atomic E-state index is 10.5. The number of hydrogen-bond donors (Lipinski definition) is 0. The number of nitro groups is 1. The average molecular weight is 288 g/mol. The van der Waals surface area contributed by atoms with Gasteiger partial charge in [0.1, 0.15) is 0 Å². The summed E-state index contributed by atoms with van der Waals surface area (Å²) in [6.45, 7) is 1.12. The molecule has 0 atom stereocenters. The highest BCUT2D eigenvalue weighted by molar-refractivity contribution is 9.09. The van der Waals surface area contributed by atoms with E-state index in [-0.39, 0.29) is 5.69 Å². The predicted octanol–water partition coefficient (Wildman–Crippen LogP) is 3.29. The van der Waals surface area contributed by atoms with Crippen LogP contribution in [-0.4, -0.2) is 16.9 Å². The van der Waals surface area contributed by atoms with Gasteiger partial charge in [-0.05, 0) is 18.4 Å². The number of alkyl halides is 1. The maximum atomic E-state index is 10.5. The van der Waals surface area contributed by atoms with Gasteiger partial charge in [0.15, 0.2) is 0 Å². The Morgan fingerprint density at radius 1 is 1.38 bits per heavy atom. The van der Waals surface area contributed by atoms with Gasteiger partial charge >= 0.3 is 0 Å². The highest BCUT2D eigenvalue weighted by Crippen LogP contribution is 2.13. The lowest BCUT2D eigenvalue weighted by molar-refractivity contribution is -0.384. The second-order valence-corrected chi connectivity index (χ2v) is 4.17. The van der Waals surface area contributed by atoms with E-state index >= 15 is 0 Å². The molecule has 0 aliphatic carbocycles. The number of benzene rings is 1. The highest BCUT2D eigenvalue weighted by Gasteiger charge is 2.05. The summed E-state index contributed by atoms with van der Waals surface area (Å²) >= 11 is 3.34. The number of non-ortho nitro benzene ring substituents is 1. The lowest BCUT2D eigenvalue weighted by atomic mass is 10.2. The topological polar surface area (TPSA) is 52.4 Å². The SMILES string of the molecule is O=[N+]([O-])c1cccc(COCCCCBr)c1. The van der Waals surface area contributed by atoms with E-state index in [0.29, 0.717) is 13.2 Å². The first-order chi connectivity index (χ1) is 7.74. The molecule has 0 aliphatic rings. The van der Waals surface area contributed by atoms with Crippen LogP contribution >= 0.6 is 15.9 Å². The van der Waals surface area contributed by atoms with Crippen molar-refractivity contribution in [3.63, 3.8) is 0 Å². The average Bonchev–Trinajstić information content (AvgIpc) is 2.29. The molecule has 0 aromatic heterocycles. The molecule has 0 spiro atoms. The number of rotatable bonds is 7. The fraction of sp³-hybridized carbons (Fsp3) is 0.455. The maximum Gasteiger partial charge on any atom is 0.269 e. The summed E-state index contributed by atoms with van der Waals surface area (Å²) in [5.74, 6) is 0. The summed E-state index contributed by atoms with van der Waals surface area (Å²) in [7, 11) is 0. The third-order valence-corrected chi connectivity index (χ3v) is 2.62. The number of unbranched alkanes of at least 4 members (excludes halogenated alkanes) is 1. The fourth-order valence-corrected chi connectivity index (χ4v) is 1.64. The lowest BCUT2D eigenvalue weighted by Gasteiger charge is -2.03. The first kappa shape index (κ1) is 13.1. The zero-order valence-electron chi connectivity index (χ0n) is 8.89. The van der Waals surface area contributed by atoms with Crippen LogP contribution in [0.5, 0.6) is 0 Å². The molecule has 0 saturated heterocycles. The molecule has 1 rings (SSSR count). The molecule has 16 heavy (non-hydrogen) atoms. The van der Waals surface area contributed by atoms with E-state index in [0.717, 1.165) is 23.7 Å². The Balaban J connectivity index is 2.36. The zero-order chi connectivity index (χ0) is 11.8. The Morgan fingerprint density at radius 3 is 2.88 bits per heavy atom. The Labute approximate surface area is 103 Å². The Bertz CT molecular complexity index is 344. The van der Waals surface area contributed by atoms with Crippen molar-refractivity contribution < 1.29 is 9.66 Å². The molecule has 0 saturated carbocycles. The van der Waals surface area contributed by atoms with Crippen LogP contribution in [0.3, 0.4) is 0 Å². The molecular formula is C11H14BrNO3. The molecule has 0 unspecified atom stereocenters. The van der Waals surface area contributed by atoms with Crippen molar-refractivity contribution in [2.24, 2.45) is 0 Å². The molecule has 0 N–H and O–H groups in total. The second kappa shape index (κ2) is 7.35. The van der Waals surface area contributed by atoms with Gasteiger partial charge in [-0.3, -0.25) is 10.1 Å². The summed E-state index contributed by atoms with van der Waals surface area (Å²) in [6, 6.07) is 6.53. The molecule has 4 nitrogen and oxygen atoms in total. The Kier molecular flexibility index (Phi) is 6.03. The first-order valence-electron chi connectivity index (χ1n) is 5.11. The summed E-state index contributed by atoms with van der Waals surface area (Å²) in [5, 5.41) is 11.5. The Hall–Kier alpha value is -0.940. The molecule has 0 amide bonds. The molecule has 0 fully saturated rings. The summed E-state index contributed by atoms with van der Waals surface area (Å²) in [6.07, 6.45) is 2.08. The molecule has 5 heteroatoms. The van der Waals surface area contributed by atoms with Crippen LogP contribution in [0.1, 0.15) is 18.4 Å². The van der Waals surface area contributed by atoms with Gasteiger partial charge in [0.2, 0.25) is 0 Å². The van der Waals surface area contributed by atoms with E-state index in [2.05, 4.69) is 15.9 Å². The van der Waals surface area contributed by atoms with Crippen LogP contribution in [-0.2, 0) is 11.3 Å². The van der Waals surface area contributed by atoms with E-state index in [9.17, 15) is 10.1 Å². The normalized spacial score (nSPS) is 10.3. The summed E-state index contributed by atoms with van der Waals surface area (Å²) in [5.41, 5.74) is 0.953. The molecule has 1 aromatic rings. The number of hydrogen-bond acceptors (Lipinski definition) is 3. The van der Waals surface area contributed by atoms with Gasteiger partial charge in [-0.2, -0.15) is 0 Å². The third-order valence-electron chi connectivity index (χ3n) is 2.06. The van der Waals surface area contributed by atoms with Gasteiger partial charge in [-0.25, -0.2) is 0 Å². The summed E-state index contributed by atoms with van der Waals surface area (Å²) in [4.78, 5) is 10.1. The fourth-order valence-electron chi connectivity index (χ4n) is 1.25. The number of nitro benzene ring substituents is 1. The van der Waals surface area contributed by atoms with Gasteiger partial charge < -0.3 is 4.74 Å². The minimum absolute atomic E-state index is 0.113. The minimum Gasteiger partial charge on any atom is -0.377 e. The van der Waals surface area contributed by atoms with Crippen molar-refractivity contribution in [3.05, 3.63) is 39.9 Å². The lowest BCUT2D eigenvalue weighted by Crippen LogP contribution is -1.97. The quantitative estimate of drug-likeness (QED) is 0.335. The number of nitrogens with zero attached hydrogens (tertiary/aromatic N) is 1. The van der Waals surface area contributed by atoms with E-state index < -0.39 is 4.92 Å². The van der Waals surface area contributed by atoms with Crippen molar-refractivity contribution in [1.29, 1.82) is 0 Å². The molecule has 0 aliphatic heterocycles. The highest BCUT2D eigenvalue weighted by atomic mass is 79.9.